The van der Waals surface area contributed by atoms with Gasteiger partial charge in [0, 0.05) is 11.4 Å². The van der Waals surface area contributed by atoms with Gasteiger partial charge >= 0.3 is 0 Å². The quantitative estimate of drug-likeness (QED) is 0.533. The molecule has 0 aliphatic carbocycles. The highest BCUT2D eigenvalue weighted by atomic mass is 32.2. The first-order chi connectivity index (χ1) is 15.8. The van der Waals surface area contributed by atoms with Crippen molar-refractivity contribution in [3.8, 4) is 0 Å². The molecule has 0 aromatic heterocycles. The number of hydrogen-bond acceptors (Lipinski definition) is 3. The van der Waals surface area contributed by atoms with E-state index in [1.807, 2.05) is 43.0 Å². The molecular weight excluding hydrogens is 435 g/mol. The van der Waals surface area contributed by atoms with E-state index in [1.165, 1.54) is 23.9 Å². The molecule has 0 bridgehead atoms. The van der Waals surface area contributed by atoms with Crippen LogP contribution in [-0.4, -0.2) is 17.1 Å². The second-order valence-electron chi connectivity index (χ2n) is 8.49. The second kappa shape index (κ2) is 9.79. The van der Waals surface area contributed by atoms with E-state index in [0.29, 0.717) is 6.54 Å². The molecule has 0 unspecified atom stereocenters. The van der Waals surface area contributed by atoms with Crippen molar-refractivity contribution in [2.45, 2.75) is 44.0 Å². The number of fused-ring (bicyclic) bond motifs is 1. The summed E-state index contributed by atoms with van der Waals surface area (Å²) in [7, 11) is 0. The molecule has 4 rings (SSSR count). The number of benzene rings is 3. The van der Waals surface area contributed by atoms with Crippen LogP contribution in [0.2, 0.25) is 0 Å². The molecule has 0 spiro atoms. The van der Waals surface area contributed by atoms with E-state index in [4.69, 9.17) is 0 Å². The van der Waals surface area contributed by atoms with Gasteiger partial charge in [-0.2, -0.15) is 0 Å². The Morgan fingerprint density at radius 2 is 1.82 bits per heavy atom. The molecule has 2 amide bonds. The van der Waals surface area contributed by atoms with Gasteiger partial charge in [-0.3, -0.25) is 9.59 Å². The maximum Gasteiger partial charge on any atom is 0.241 e. The van der Waals surface area contributed by atoms with Gasteiger partial charge in [-0.25, -0.2) is 4.39 Å². The number of thioether (sulfide) groups is 1. The third kappa shape index (κ3) is 5.11. The summed E-state index contributed by atoms with van der Waals surface area (Å²) in [5.41, 5.74) is 5.06. The van der Waals surface area contributed by atoms with Crippen LogP contribution in [0.4, 0.5) is 10.1 Å². The highest BCUT2D eigenvalue weighted by molar-refractivity contribution is 8.01. The average Bonchev–Trinajstić information content (AvgIpc) is 2.81. The van der Waals surface area contributed by atoms with Gasteiger partial charge in [0.25, 0.3) is 0 Å². The van der Waals surface area contributed by atoms with E-state index in [2.05, 4.69) is 23.5 Å². The molecule has 1 aliphatic rings. The van der Waals surface area contributed by atoms with Crippen LogP contribution >= 0.6 is 11.8 Å². The van der Waals surface area contributed by atoms with Crippen molar-refractivity contribution >= 4 is 29.3 Å². The molecule has 2 atom stereocenters. The number of aryl methyl sites for hydroxylation is 2. The van der Waals surface area contributed by atoms with Gasteiger partial charge in [0.1, 0.15) is 11.1 Å². The standard InChI is InChI=1S/C27H27FN2O2S/c1-17-8-9-18(2)21(14-17)16-30-23-6-4-5-7-24(23)33-25(27(30)32)19(3)26(31)29-15-20-10-12-22(28)13-11-20/h4-14,19,25H,15-16H2,1-3H3,(H,29,31)/t19-,25+/m1/s1. The fourth-order valence-electron chi connectivity index (χ4n) is 3.95. The number of nitrogens with zero attached hydrogens (tertiary/aromatic N) is 1. The minimum Gasteiger partial charge on any atom is -0.352 e. The summed E-state index contributed by atoms with van der Waals surface area (Å²) in [6.07, 6.45) is 0. The summed E-state index contributed by atoms with van der Waals surface area (Å²) in [5.74, 6) is -1.11. The van der Waals surface area contributed by atoms with E-state index in [-0.39, 0.29) is 24.2 Å². The molecule has 3 aromatic rings. The normalized spacial score (nSPS) is 16.3. The molecule has 1 aliphatic heterocycles. The molecule has 0 fully saturated rings. The lowest BCUT2D eigenvalue weighted by Crippen LogP contribution is -2.47. The molecule has 170 valence electrons. The molecule has 1 N–H and O–H groups in total. The number of carbonyl (C=O) groups is 2. The maximum atomic E-state index is 13.6. The molecular formula is C27H27FN2O2S. The first kappa shape index (κ1) is 23.1. The van der Waals surface area contributed by atoms with Gasteiger partial charge in [-0.15, -0.1) is 11.8 Å². The van der Waals surface area contributed by atoms with Gasteiger partial charge < -0.3 is 10.2 Å². The second-order valence-corrected chi connectivity index (χ2v) is 9.68. The summed E-state index contributed by atoms with van der Waals surface area (Å²) in [6, 6.07) is 20.1. The van der Waals surface area contributed by atoms with E-state index in [1.54, 1.807) is 19.1 Å². The Balaban J connectivity index is 1.55. The Labute approximate surface area is 198 Å². The van der Waals surface area contributed by atoms with Crippen LogP contribution < -0.4 is 10.2 Å². The van der Waals surface area contributed by atoms with E-state index in [9.17, 15) is 14.0 Å². The molecule has 0 radical (unpaired) electrons. The average molecular weight is 463 g/mol. The first-order valence-corrected chi connectivity index (χ1v) is 11.9. The number of carbonyl (C=O) groups excluding carboxylic acids is 2. The van der Waals surface area contributed by atoms with Crippen molar-refractivity contribution in [3.63, 3.8) is 0 Å². The van der Waals surface area contributed by atoms with Crippen molar-refractivity contribution < 1.29 is 14.0 Å². The number of rotatable bonds is 6. The van der Waals surface area contributed by atoms with Crippen LogP contribution in [-0.2, 0) is 22.7 Å². The Morgan fingerprint density at radius 3 is 2.58 bits per heavy atom. The van der Waals surface area contributed by atoms with Crippen molar-refractivity contribution in [3.05, 3.63) is 94.8 Å². The lowest BCUT2D eigenvalue weighted by molar-refractivity contribution is -0.128. The van der Waals surface area contributed by atoms with Gasteiger partial charge in [-0.1, -0.05) is 55.0 Å². The molecule has 6 heteroatoms. The summed E-state index contributed by atoms with van der Waals surface area (Å²) < 4.78 is 13.1. The van der Waals surface area contributed by atoms with Gasteiger partial charge in [0.05, 0.1) is 18.2 Å². The Bertz CT molecular complexity index is 1180. The fourth-order valence-corrected chi connectivity index (χ4v) is 5.23. The SMILES string of the molecule is Cc1ccc(C)c(CN2C(=O)[C@H]([C@@H](C)C(=O)NCc3ccc(F)cc3)Sc3ccccc32)c1. The zero-order chi connectivity index (χ0) is 23.5. The smallest absolute Gasteiger partial charge is 0.241 e. The van der Waals surface area contributed by atoms with Crippen LogP contribution in [0.25, 0.3) is 0 Å². The van der Waals surface area contributed by atoms with E-state index >= 15 is 0 Å². The third-order valence-electron chi connectivity index (χ3n) is 6.00. The highest BCUT2D eigenvalue weighted by Gasteiger charge is 2.39. The molecule has 4 nitrogen and oxygen atoms in total. The Hall–Kier alpha value is -3.12. The zero-order valence-corrected chi connectivity index (χ0v) is 19.8. The molecule has 3 aromatic carbocycles. The number of para-hydroxylation sites is 1. The van der Waals surface area contributed by atoms with Crippen LogP contribution in [0.1, 0.15) is 29.2 Å². The number of hydrogen-bond donors (Lipinski definition) is 1. The maximum absolute atomic E-state index is 13.6. The molecule has 0 saturated carbocycles. The van der Waals surface area contributed by atoms with Crippen LogP contribution in [0.5, 0.6) is 0 Å². The van der Waals surface area contributed by atoms with Gasteiger partial charge in [0.2, 0.25) is 11.8 Å². The number of anilines is 1. The molecule has 1 heterocycles. The zero-order valence-electron chi connectivity index (χ0n) is 19.0. The lowest BCUT2D eigenvalue weighted by atomic mass is 10.0. The van der Waals surface area contributed by atoms with Gasteiger partial charge in [0.15, 0.2) is 0 Å². The van der Waals surface area contributed by atoms with Crippen LogP contribution in [0.3, 0.4) is 0 Å². The van der Waals surface area contributed by atoms with Crippen LogP contribution in [0.15, 0.2) is 71.6 Å². The van der Waals surface area contributed by atoms with E-state index < -0.39 is 11.2 Å². The van der Waals surface area contributed by atoms with E-state index in [0.717, 1.165) is 32.8 Å². The minimum atomic E-state index is -0.530. The summed E-state index contributed by atoms with van der Waals surface area (Å²) >= 11 is 1.45. The summed E-state index contributed by atoms with van der Waals surface area (Å²) in [6.45, 7) is 6.63. The Kier molecular flexibility index (Phi) is 6.84. The van der Waals surface area contributed by atoms with Crippen molar-refractivity contribution in [2.75, 3.05) is 4.90 Å². The van der Waals surface area contributed by atoms with Crippen molar-refractivity contribution in [1.29, 1.82) is 0 Å². The van der Waals surface area contributed by atoms with Gasteiger partial charge in [-0.05, 0) is 54.8 Å². The van der Waals surface area contributed by atoms with Crippen molar-refractivity contribution in [2.24, 2.45) is 5.92 Å². The predicted molar refractivity (Wildman–Crippen MR) is 131 cm³/mol. The predicted octanol–water partition coefficient (Wildman–Crippen LogP) is 5.40. The highest BCUT2D eigenvalue weighted by Crippen LogP contribution is 2.42. The Morgan fingerprint density at radius 1 is 1.09 bits per heavy atom. The lowest BCUT2D eigenvalue weighted by Gasteiger charge is -2.36. The minimum absolute atomic E-state index is 0.0657. The van der Waals surface area contributed by atoms with Crippen LogP contribution in [0, 0.1) is 25.6 Å². The number of halogens is 1. The number of amides is 2. The largest absolute Gasteiger partial charge is 0.352 e. The van der Waals surface area contributed by atoms with Crippen molar-refractivity contribution in [1.82, 2.24) is 5.32 Å². The first-order valence-electron chi connectivity index (χ1n) is 11.0. The third-order valence-corrected chi connectivity index (χ3v) is 7.46. The fraction of sp³-hybridized carbons (Fsp3) is 0.259. The topological polar surface area (TPSA) is 49.4 Å². The number of nitrogens with one attached hydrogen (secondary N) is 1. The summed E-state index contributed by atoms with van der Waals surface area (Å²) in [4.78, 5) is 29.4. The summed E-state index contributed by atoms with van der Waals surface area (Å²) in [5, 5.41) is 2.37. The molecule has 33 heavy (non-hydrogen) atoms. The molecule has 0 saturated heterocycles. The monoisotopic (exact) mass is 462 g/mol.